The zero-order chi connectivity index (χ0) is 14.7. The number of halogens is 1. The lowest BCUT2D eigenvalue weighted by molar-refractivity contribution is -0.385. The number of nitro groups is 1. The topological polar surface area (TPSA) is 75.5 Å². The number of benzene rings is 1. The molecule has 1 atom stereocenters. The first-order valence-corrected chi connectivity index (χ1v) is 6.80. The van der Waals surface area contributed by atoms with Crippen molar-refractivity contribution in [2.75, 3.05) is 20.1 Å². The highest BCUT2D eigenvalue weighted by atomic mass is 35.5. The summed E-state index contributed by atoms with van der Waals surface area (Å²) in [5.41, 5.74) is -0.298. The number of carbonyl (C=O) groups is 1. The number of nitrogens with zero attached hydrogens (tertiary/aromatic N) is 2. The van der Waals surface area contributed by atoms with E-state index in [-0.39, 0.29) is 22.3 Å². The van der Waals surface area contributed by atoms with E-state index in [1.54, 1.807) is 7.05 Å². The van der Waals surface area contributed by atoms with Crippen LogP contribution in [-0.2, 0) is 0 Å². The van der Waals surface area contributed by atoms with Crippen molar-refractivity contribution >= 4 is 23.2 Å². The van der Waals surface area contributed by atoms with Gasteiger partial charge in [0.05, 0.1) is 9.95 Å². The van der Waals surface area contributed by atoms with Crippen LogP contribution in [0.5, 0.6) is 0 Å². The second-order valence-electron chi connectivity index (χ2n) is 4.87. The number of rotatable bonds is 4. The molecule has 1 heterocycles. The zero-order valence-electron chi connectivity index (χ0n) is 11.1. The number of carbonyl (C=O) groups excluding carboxylic acids is 1. The van der Waals surface area contributed by atoms with Crippen LogP contribution >= 0.6 is 11.6 Å². The van der Waals surface area contributed by atoms with Gasteiger partial charge in [-0.2, -0.15) is 0 Å². The molecule has 0 saturated carbocycles. The molecule has 1 N–H and O–H groups in total. The molecule has 1 aliphatic rings. The van der Waals surface area contributed by atoms with Crippen molar-refractivity contribution in [3.05, 3.63) is 38.9 Å². The van der Waals surface area contributed by atoms with Gasteiger partial charge in [0.1, 0.15) is 5.56 Å². The van der Waals surface area contributed by atoms with E-state index in [0.29, 0.717) is 6.54 Å². The normalized spacial score (nSPS) is 18.0. The van der Waals surface area contributed by atoms with Gasteiger partial charge in [-0.3, -0.25) is 14.9 Å². The fraction of sp³-hybridized carbons (Fsp3) is 0.462. The van der Waals surface area contributed by atoms with E-state index in [4.69, 9.17) is 11.6 Å². The quantitative estimate of drug-likeness (QED) is 0.682. The summed E-state index contributed by atoms with van der Waals surface area (Å²) in [5, 5.41) is 14.4. The fourth-order valence-corrected chi connectivity index (χ4v) is 2.64. The Morgan fingerprint density at radius 1 is 1.60 bits per heavy atom. The minimum Gasteiger partial charge on any atom is -0.340 e. The Morgan fingerprint density at radius 2 is 2.35 bits per heavy atom. The van der Waals surface area contributed by atoms with Crippen molar-refractivity contribution in [3.8, 4) is 0 Å². The lowest BCUT2D eigenvalue weighted by atomic mass is 10.1. The predicted octanol–water partition coefficient (Wildman–Crippen LogP) is 2.07. The largest absolute Gasteiger partial charge is 0.340 e. The number of amides is 1. The van der Waals surface area contributed by atoms with Gasteiger partial charge in [-0.05, 0) is 25.5 Å². The highest BCUT2D eigenvalue weighted by molar-refractivity contribution is 6.34. The fourth-order valence-electron chi connectivity index (χ4n) is 2.39. The smallest absolute Gasteiger partial charge is 0.283 e. The highest BCUT2D eigenvalue weighted by Gasteiger charge is 2.27. The van der Waals surface area contributed by atoms with Crippen LogP contribution in [0.2, 0.25) is 5.02 Å². The molecule has 1 aliphatic heterocycles. The van der Waals surface area contributed by atoms with Gasteiger partial charge in [0.15, 0.2) is 0 Å². The zero-order valence-corrected chi connectivity index (χ0v) is 11.9. The number of likely N-dealkylation sites (N-methyl/N-ethyl adjacent to an activating group) is 1. The minimum atomic E-state index is -0.583. The Morgan fingerprint density at radius 3 is 2.95 bits per heavy atom. The van der Waals surface area contributed by atoms with Crippen molar-refractivity contribution in [1.29, 1.82) is 0 Å². The molecule has 0 bridgehead atoms. The molecule has 6 nitrogen and oxygen atoms in total. The van der Waals surface area contributed by atoms with Gasteiger partial charge in [0, 0.05) is 25.7 Å². The number of nitro benzene ring substituents is 1. The van der Waals surface area contributed by atoms with E-state index < -0.39 is 10.8 Å². The molecular weight excluding hydrogens is 282 g/mol. The lowest BCUT2D eigenvalue weighted by Gasteiger charge is -2.21. The number of hydrogen-bond donors (Lipinski definition) is 1. The first-order valence-electron chi connectivity index (χ1n) is 6.42. The second-order valence-corrected chi connectivity index (χ2v) is 5.28. The average molecular weight is 298 g/mol. The molecule has 7 heteroatoms. The van der Waals surface area contributed by atoms with Crippen molar-refractivity contribution < 1.29 is 9.72 Å². The second kappa shape index (κ2) is 6.19. The summed E-state index contributed by atoms with van der Waals surface area (Å²) in [6, 6.07) is 4.49. The predicted molar refractivity (Wildman–Crippen MR) is 76.1 cm³/mol. The molecule has 108 valence electrons. The first kappa shape index (κ1) is 14.7. The van der Waals surface area contributed by atoms with Crippen LogP contribution in [0.25, 0.3) is 0 Å². The van der Waals surface area contributed by atoms with E-state index in [0.717, 1.165) is 19.4 Å². The van der Waals surface area contributed by atoms with Gasteiger partial charge in [-0.1, -0.05) is 17.7 Å². The van der Waals surface area contributed by atoms with Crippen LogP contribution in [0.15, 0.2) is 18.2 Å². The summed E-state index contributed by atoms with van der Waals surface area (Å²) in [5.74, 6) is -0.420. The van der Waals surface area contributed by atoms with Crippen LogP contribution in [0.3, 0.4) is 0 Å². The molecule has 1 amide bonds. The third-order valence-electron chi connectivity index (χ3n) is 3.41. The van der Waals surface area contributed by atoms with Crippen molar-refractivity contribution in [2.24, 2.45) is 0 Å². The maximum absolute atomic E-state index is 12.4. The highest BCUT2D eigenvalue weighted by Crippen LogP contribution is 2.27. The Kier molecular flexibility index (Phi) is 4.57. The summed E-state index contributed by atoms with van der Waals surface area (Å²) in [4.78, 5) is 24.3. The van der Waals surface area contributed by atoms with Crippen LogP contribution in [0, 0.1) is 10.1 Å². The lowest BCUT2D eigenvalue weighted by Crippen LogP contribution is -2.38. The summed E-state index contributed by atoms with van der Waals surface area (Å²) < 4.78 is 0. The molecule has 0 radical (unpaired) electrons. The Balaban J connectivity index is 2.21. The molecule has 0 spiro atoms. The molecule has 0 aliphatic carbocycles. The number of nitrogens with one attached hydrogen (secondary N) is 1. The summed E-state index contributed by atoms with van der Waals surface area (Å²) in [6.07, 6.45) is 2.08. The van der Waals surface area contributed by atoms with Crippen molar-refractivity contribution in [3.63, 3.8) is 0 Å². The maximum Gasteiger partial charge on any atom is 0.283 e. The van der Waals surface area contributed by atoms with E-state index >= 15 is 0 Å². The standard InChI is InChI=1S/C13H16ClN3O3/c1-16(8-9-4-3-7-15-9)13(18)12-10(14)5-2-6-11(12)17(19)20/h2,5-6,9,15H,3-4,7-8H2,1H3. The maximum atomic E-state index is 12.4. The molecule has 20 heavy (non-hydrogen) atoms. The Hall–Kier alpha value is -1.66. The molecule has 1 aromatic rings. The molecule has 1 fully saturated rings. The summed E-state index contributed by atoms with van der Waals surface area (Å²) in [7, 11) is 1.63. The van der Waals surface area contributed by atoms with E-state index in [9.17, 15) is 14.9 Å². The van der Waals surface area contributed by atoms with Crippen LogP contribution < -0.4 is 5.32 Å². The minimum absolute atomic E-state index is 0.0420. The average Bonchev–Trinajstić information content (AvgIpc) is 2.90. The molecule has 0 aromatic heterocycles. The monoisotopic (exact) mass is 297 g/mol. The molecule has 2 rings (SSSR count). The van der Waals surface area contributed by atoms with Gasteiger partial charge in [0.2, 0.25) is 0 Å². The van der Waals surface area contributed by atoms with E-state index in [2.05, 4.69) is 5.32 Å². The SMILES string of the molecule is CN(CC1CCCN1)C(=O)c1c(Cl)cccc1[N+](=O)[O-]. The van der Waals surface area contributed by atoms with Gasteiger partial charge < -0.3 is 10.2 Å². The third-order valence-corrected chi connectivity index (χ3v) is 3.72. The van der Waals surface area contributed by atoms with Crippen molar-refractivity contribution in [1.82, 2.24) is 10.2 Å². The van der Waals surface area contributed by atoms with Crippen LogP contribution in [0.4, 0.5) is 5.69 Å². The van der Waals surface area contributed by atoms with E-state index in [1.165, 1.54) is 23.1 Å². The van der Waals surface area contributed by atoms with E-state index in [1.807, 2.05) is 0 Å². The molecule has 1 unspecified atom stereocenters. The third kappa shape index (κ3) is 3.08. The first-order chi connectivity index (χ1) is 9.50. The molecular formula is C13H16ClN3O3. The van der Waals surface area contributed by atoms with Gasteiger partial charge >= 0.3 is 0 Å². The Labute approximate surface area is 121 Å². The van der Waals surface area contributed by atoms with Gasteiger partial charge in [0.25, 0.3) is 11.6 Å². The number of hydrogen-bond acceptors (Lipinski definition) is 4. The van der Waals surface area contributed by atoms with Gasteiger partial charge in [-0.15, -0.1) is 0 Å². The summed E-state index contributed by atoms with van der Waals surface area (Å²) >= 11 is 5.96. The van der Waals surface area contributed by atoms with Gasteiger partial charge in [-0.25, -0.2) is 0 Å². The Bertz CT molecular complexity index is 530. The summed E-state index contributed by atoms with van der Waals surface area (Å²) in [6.45, 7) is 1.46. The molecule has 1 saturated heterocycles. The van der Waals surface area contributed by atoms with Crippen molar-refractivity contribution in [2.45, 2.75) is 18.9 Å². The van der Waals surface area contributed by atoms with Crippen LogP contribution in [-0.4, -0.2) is 41.9 Å². The molecule has 1 aromatic carbocycles. The van der Waals surface area contributed by atoms with Crippen LogP contribution in [0.1, 0.15) is 23.2 Å².